The number of likely N-dealkylation sites (N-methyl/N-ethyl adjacent to an activating group) is 2. The van der Waals surface area contributed by atoms with Gasteiger partial charge in [-0.15, -0.1) is 0 Å². The van der Waals surface area contributed by atoms with Gasteiger partial charge in [-0.1, -0.05) is 6.92 Å². The number of methoxy groups -OCH3 is 1. The smallest absolute Gasteiger partial charge is 0.222 e. The van der Waals surface area contributed by atoms with Crippen molar-refractivity contribution in [2.75, 3.05) is 73.2 Å². The first-order chi connectivity index (χ1) is 15.0. The second-order valence-corrected chi connectivity index (χ2v) is 9.75. The molecule has 0 aromatic rings. The highest BCUT2D eigenvalue weighted by Crippen LogP contribution is 2.45. The Balaban J connectivity index is 1.56. The van der Waals surface area contributed by atoms with Gasteiger partial charge in [0, 0.05) is 65.1 Å². The molecular weight excluding hydrogens is 394 g/mol. The summed E-state index contributed by atoms with van der Waals surface area (Å²) < 4.78 is 17.3. The number of carbonyl (C=O) groups is 1. The molecule has 2 heterocycles. The molecule has 1 amide bonds. The van der Waals surface area contributed by atoms with Crippen molar-refractivity contribution in [2.45, 2.75) is 64.2 Å². The maximum atomic E-state index is 13.2. The standard InChI is InChI=1S/C24H45N3O4/c1-5-9-27-19-20(16-21-18-24(8-7-22(21)27)30-14-15-31-24)17-23(28)26(6-2)11-10-25(3)12-13-29-4/h20-22H,5-19H2,1-4H3/t20-,21-,22-/m1/s1. The molecule has 3 fully saturated rings. The summed E-state index contributed by atoms with van der Waals surface area (Å²) in [5.74, 6) is 0.964. The number of carbonyl (C=O) groups excluding carboxylic acids is 1. The quantitative estimate of drug-likeness (QED) is 0.493. The van der Waals surface area contributed by atoms with E-state index >= 15 is 0 Å². The van der Waals surface area contributed by atoms with E-state index in [1.807, 2.05) is 4.90 Å². The second kappa shape index (κ2) is 11.9. The summed E-state index contributed by atoms with van der Waals surface area (Å²) in [4.78, 5) is 20.1. The Labute approximate surface area is 189 Å². The normalized spacial score (nSPS) is 28.2. The van der Waals surface area contributed by atoms with E-state index in [2.05, 4.69) is 30.7 Å². The Morgan fingerprint density at radius 2 is 1.97 bits per heavy atom. The molecule has 0 N–H and O–H groups in total. The Morgan fingerprint density at radius 1 is 1.19 bits per heavy atom. The predicted octanol–water partition coefficient (Wildman–Crippen LogP) is 2.45. The molecule has 0 aromatic heterocycles. The van der Waals surface area contributed by atoms with Gasteiger partial charge in [0.15, 0.2) is 5.79 Å². The van der Waals surface area contributed by atoms with Crippen LogP contribution in [0.3, 0.4) is 0 Å². The number of ether oxygens (including phenoxy) is 3. The lowest BCUT2D eigenvalue weighted by molar-refractivity contribution is -0.203. The Kier molecular flexibility index (Phi) is 9.59. The molecule has 1 aliphatic carbocycles. The molecule has 2 saturated heterocycles. The molecule has 1 spiro atoms. The first-order valence-electron chi connectivity index (χ1n) is 12.5. The monoisotopic (exact) mass is 439 g/mol. The van der Waals surface area contributed by atoms with Gasteiger partial charge in [-0.2, -0.15) is 0 Å². The van der Waals surface area contributed by atoms with Crippen molar-refractivity contribution in [2.24, 2.45) is 11.8 Å². The Morgan fingerprint density at radius 3 is 2.65 bits per heavy atom. The van der Waals surface area contributed by atoms with Crippen molar-refractivity contribution in [1.29, 1.82) is 0 Å². The van der Waals surface area contributed by atoms with E-state index in [9.17, 15) is 4.79 Å². The van der Waals surface area contributed by atoms with E-state index in [1.165, 1.54) is 0 Å². The van der Waals surface area contributed by atoms with E-state index in [0.29, 0.717) is 30.2 Å². The van der Waals surface area contributed by atoms with Gasteiger partial charge >= 0.3 is 0 Å². The fraction of sp³-hybridized carbons (Fsp3) is 0.958. The summed E-state index contributed by atoms with van der Waals surface area (Å²) in [7, 11) is 3.82. The van der Waals surface area contributed by atoms with Crippen LogP contribution in [-0.4, -0.2) is 106 Å². The number of amides is 1. The number of piperidine rings is 1. The number of likely N-dealkylation sites (tertiary alicyclic amines) is 1. The topological polar surface area (TPSA) is 54.5 Å². The first kappa shape index (κ1) is 24.9. The van der Waals surface area contributed by atoms with E-state index in [4.69, 9.17) is 14.2 Å². The number of hydrogen-bond acceptors (Lipinski definition) is 6. The van der Waals surface area contributed by atoms with Gasteiger partial charge in [0.2, 0.25) is 5.91 Å². The molecular formula is C24H45N3O4. The zero-order valence-corrected chi connectivity index (χ0v) is 20.3. The van der Waals surface area contributed by atoms with Crippen molar-refractivity contribution >= 4 is 5.91 Å². The van der Waals surface area contributed by atoms with E-state index in [1.54, 1.807) is 7.11 Å². The minimum absolute atomic E-state index is 0.307. The van der Waals surface area contributed by atoms with Gasteiger partial charge in [0.25, 0.3) is 0 Å². The van der Waals surface area contributed by atoms with Crippen LogP contribution in [0.4, 0.5) is 0 Å². The van der Waals surface area contributed by atoms with Gasteiger partial charge < -0.3 is 24.0 Å². The van der Waals surface area contributed by atoms with Crippen molar-refractivity contribution in [3.63, 3.8) is 0 Å². The van der Waals surface area contributed by atoms with Crippen molar-refractivity contribution < 1.29 is 19.0 Å². The third kappa shape index (κ3) is 6.64. The van der Waals surface area contributed by atoms with Crippen LogP contribution < -0.4 is 0 Å². The molecule has 1 saturated carbocycles. The van der Waals surface area contributed by atoms with Crippen molar-refractivity contribution in [3.05, 3.63) is 0 Å². The number of nitrogens with zero attached hydrogens (tertiary/aromatic N) is 3. The molecule has 0 bridgehead atoms. The maximum Gasteiger partial charge on any atom is 0.222 e. The van der Waals surface area contributed by atoms with E-state index in [0.717, 1.165) is 91.2 Å². The summed E-state index contributed by atoms with van der Waals surface area (Å²) in [5.41, 5.74) is 0. The third-order valence-corrected chi connectivity index (χ3v) is 7.49. The lowest BCUT2D eigenvalue weighted by Crippen LogP contribution is -2.55. The van der Waals surface area contributed by atoms with Gasteiger partial charge in [0.05, 0.1) is 19.8 Å². The highest BCUT2D eigenvalue weighted by Gasteiger charge is 2.49. The van der Waals surface area contributed by atoms with Gasteiger partial charge in [0.1, 0.15) is 0 Å². The highest BCUT2D eigenvalue weighted by molar-refractivity contribution is 5.76. The molecule has 3 rings (SSSR count). The first-order valence-corrected chi connectivity index (χ1v) is 12.5. The fourth-order valence-corrected chi connectivity index (χ4v) is 5.87. The van der Waals surface area contributed by atoms with Crippen LogP contribution in [0.15, 0.2) is 0 Å². The molecule has 7 heteroatoms. The third-order valence-electron chi connectivity index (χ3n) is 7.49. The maximum absolute atomic E-state index is 13.2. The van der Waals surface area contributed by atoms with Crippen LogP contribution in [0, 0.1) is 11.8 Å². The van der Waals surface area contributed by atoms with Crippen LogP contribution >= 0.6 is 0 Å². The minimum Gasteiger partial charge on any atom is -0.383 e. The molecule has 3 atom stereocenters. The fourth-order valence-electron chi connectivity index (χ4n) is 5.87. The summed E-state index contributed by atoms with van der Waals surface area (Å²) >= 11 is 0. The van der Waals surface area contributed by atoms with Gasteiger partial charge in [-0.3, -0.25) is 9.69 Å². The van der Waals surface area contributed by atoms with Crippen LogP contribution in [0.25, 0.3) is 0 Å². The molecule has 2 aliphatic heterocycles. The van der Waals surface area contributed by atoms with Crippen molar-refractivity contribution in [1.82, 2.24) is 14.7 Å². The summed E-state index contributed by atoms with van der Waals surface area (Å²) in [6, 6.07) is 0.626. The van der Waals surface area contributed by atoms with Crippen LogP contribution in [-0.2, 0) is 19.0 Å². The highest BCUT2D eigenvalue weighted by atomic mass is 16.7. The molecule has 7 nitrogen and oxygen atoms in total. The Hall–Kier alpha value is -0.730. The summed E-state index contributed by atoms with van der Waals surface area (Å²) in [6.07, 6.45) is 6.10. The summed E-state index contributed by atoms with van der Waals surface area (Å²) in [5, 5.41) is 0. The van der Waals surface area contributed by atoms with Gasteiger partial charge in [-0.25, -0.2) is 0 Å². The average Bonchev–Trinajstić information content (AvgIpc) is 3.20. The molecule has 0 radical (unpaired) electrons. The predicted molar refractivity (Wildman–Crippen MR) is 122 cm³/mol. The zero-order chi connectivity index (χ0) is 22.3. The molecule has 31 heavy (non-hydrogen) atoms. The SMILES string of the molecule is CCCN1C[C@@H](CC(=O)N(CC)CCN(C)CCOC)C[C@@H]2CC3(CC[C@H]21)OCCO3. The molecule has 180 valence electrons. The number of fused-ring (bicyclic) bond motifs is 1. The summed E-state index contributed by atoms with van der Waals surface area (Å²) in [6.45, 7) is 12.1. The zero-order valence-electron chi connectivity index (χ0n) is 20.3. The number of rotatable bonds is 11. The van der Waals surface area contributed by atoms with Gasteiger partial charge in [-0.05, 0) is 51.6 Å². The van der Waals surface area contributed by atoms with E-state index < -0.39 is 0 Å². The molecule has 0 unspecified atom stereocenters. The van der Waals surface area contributed by atoms with Crippen molar-refractivity contribution in [3.8, 4) is 0 Å². The second-order valence-electron chi connectivity index (χ2n) is 9.75. The van der Waals surface area contributed by atoms with Crippen LogP contribution in [0.2, 0.25) is 0 Å². The van der Waals surface area contributed by atoms with Crippen LogP contribution in [0.5, 0.6) is 0 Å². The lowest BCUT2D eigenvalue weighted by Gasteiger charge is -2.51. The average molecular weight is 440 g/mol. The Bertz CT molecular complexity index is 555. The minimum atomic E-state index is -0.340. The van der Waals surface area contributed by atoms with Crippen LogP contribution in [0.1, 0.15) is 52.4 Å². The lowest BCUT2D eigenvalue weighted by atomic mass is 9.72. The number of hydrogen-bond donors (Lipinski definition) is 0. The van der Waals surface area contributed by atoms with E-state index in [-0.39, 0.29) is 5.79 Å². The molecule has 3 aliphatic rings. The molecule has 0 aromatic carbocycles. The largest absolute Gasteiger partial charge is 0.383 e.